The molecule has 94 valence electrons. The number of nitrogens with zero attached hydrogens (tertiary/aromatic N) is 1. The SMILES string of the molecule is C#CCNC(=NC)NCC1Cc2ccccc2O1. The van der Waals surface area contributed by atoms with E-state index in [-0.39, 0.29) is 6.10 Å². The molecule has 1 aliphatic heterocycles. The van der Waals surface area contributed by atoms with Crippen LogP contribution >= 0.6 is 0 Å². The van der Waals surface area contributed by atoms with Gasteiger partial charge in [0.2, 0.25) is 0 Å². The van der Waals surface area contributed by atoms with E-state index < -0.39 is 0 Å². The highest BCUT2D eigenvalue weighted by molar-refractivity contribution is 5.79. The summed E-state index contributed by atoms with van der Waals surface area (Å²) in [4.78, 5) is 4.08. The number of terminal acetylenes is 1. The summed E-state index contributed by atoms with van der Waals surface area (Å²) in [6.07, 6.45) is 6.26. The number of benzene rings is 1. The Kier molecular flexibility index (Phi) is 4.08. The minimum absolute atomic E-state index is 0.145. The van der Waals surface area contributed by atoms with Crippen molar-refractivity contribution in [1.82, 2.24) is 10.6 Å². The van der Waals surface area contributed by atoms with Crippen molar-refractivity contribution in [3.8, 4) is 18.1 Å². The molecular formula is C14H17N3O. The van der Waals surface area contributed by atoms with Crippen LogP contribution < -0.4 is 15.4 Å². The van der Waals surface area contributed by atoms with Gasteiger partial charge in [0.15, 0.2) is 5.96 Å². The average molecular weight is 243 g/mol. The lowest BCUT2D eigenvalue weighted by molar-refractivity contribution is 0.235. The molecule has 0 saturated carbocycles. The molecule has 1 aromatic rings. The first-order valence-electron chi connectivity index (χ1n) is 5.96. The lowest BCUT2D eigenvalue weighted by Crippen LogP contribution is -2.42. The topological polar surface area (TPSA) is 45.7 Å². The maximum atomic E-state index is 5.82. The lowest BCUT2D eigenvalue weighted by Gasteiger charge is -2.14. The fraction of sp³-hybridized carbons (Fsp3) is 0.357. The summed E-state index contributed by atoms with van der Waals surface area (Å²) in [6.45, 7) is 1.17. The summed E-state index contributed by atoms with van der Waals surface area (Å²) in [6, 6.07) is 8.12. The molecule has 2 N–H and O–H groups in total. The van der Waals surface area contributed by atoms with Crippen molar-refractivity contribution in [3.63, 3.8) is 0 Å². The van der Waals surface area contributed by atoms with E-state index in [0.29, 0.717) is 19.0 Å². The lowest BCUT2D eigenvalue weighted by atomic mass is 10.1. The van der Waals surface area contributed by atoms with E-state index in [1.165, 1.54) is 5.56 Å². The summed E-state index contributed by atoms with van der Waals surface area (Å²) in [5, 5.41) is 6.21. The number of para-hydroxylation sites is 1. The van der Waals surface area contributed by atoms with E-state index in [1.54, 1.807) is 7.05 Å². The van der Waals surface area contributed by atoms with Gasteiger partial charge in [0.05, 0.1) is 13.1 Å². The maximum Gasteiger partial charge on any atom is 0.191 e. The molecule has 0 spiro atoms. The number of nitrogens with one attached hydrogen (secondary N) is 2. The van der Waals surface area contributed by atoms with Crippen molar-refractivity contribution in [1.29, 1.82) is 0 Å². The summed E-state index contributed by atoms with van der Waals surface area (Å²) < 4.78 is 5.82. The van der Waals surface area contributed by atoms with Gasteiger partial charge >= 0.3 is 0 Å². The Morgan fingerprint density at radius 1 is 1.50 bits per heavy atom. The largest absolute Gasteiger partial charge is 0.488 e. The van der Waals surface area contributed by atoms with Gasteiger partial charge < -0.3 is 15.4 Å². The molecule has 0 radical (unpaired) electrons. The molecule has 0 aliphatic carbocycles. The van der Waals surface area contributed by atoms with Gasteiger partial charge in [-0.15, -0.1) is 6.42 Å². The van der Waals surface area contributed by atoms with Crippen LogP contribution in [0.3, 0.4) is 0 Å². The molecule has 18 heavy (non-hydrogen) atoms. The zero-order valence-electron chi connectivity index (χ0n) is 10.4. The Labute approximate surface area is 107 Å². The monoisotopic (exact) mass is 243 g/mol. The van der Waals surface area contributed by atoms with Crippen molar-refractivity contribution in [2.24, 2.45) is 4.99 Å². The Bertz CT molecular complexity index is 451. The van der Waals surface area contributed by atoms with Crippen LogP contribution in [0.1, 0.15) is 5.56 Å². The van der Waals surface area contributed by atoms with Crippen LogP contribution in [0.2, 0.25) is 0 Å². The first-order valence-corrected chi connectivity index (χ1v) is 5.96. The highest BCUT2D eigenvalue weighted by Gasteiger charge is 2.22. The van der Waals surface area contributed by atoms with Crippen LogP contribution in [0.15, 0.2) is 29.3 Å². The number of ether oxygens (including phenoxy) is 1. The molecule has 1 heterocycles. The van der Waals surface area contributed by atoms with Crippen LogP contribution in [-0.4, -0.2) is 32.2 Å². The second-order valence-electron chi connectivity index (χ2n) is 4.06. The number of fused-ring (bicyclic) bond motifs is 1. The summed E-state index contributed by atoms with van der Waals surface area (Å²) in [5.41, 5.74) is 1.26. The number of hydrogen-bond acceptors (Lipinski definition) is 2. The van der Waals surface area contributed by atoms with Crippen molar-refractivity contribution < 1.29 is 4.74 Å². The molecule has 4 nitrogen and oxygen atoms in total. The minimum Gasteiger partial charge on any atom is -0.488 e. The van der Waals surface area contributed by atoms with E-state index in [1.807, 2.05) is 18.2 Å². The standard InChI is InChI=1S/C14H17N3O/c1-3-8-16-14(15-2)17-10-12-9-11-6-4-5-7-13(11)18-12/h1,4-7,12H,8-10H2,2H3,(H2,15,16,17). The van der Waals surface area contributed by atoms with E-state index >= 15 is 0 Å². The molecule has 1 aliphatic rings. The summed E-state index contributed by atoms with van der Waals surface area (Å²) in [5.74, 6) is 4.20. The molecule has 1 atom stereocenters. The predicted octanol–water partition coefficient (Wildman–Crippen LogP) is 0.788. The number of guanidine groups is 1. The first kappa shape index (κ1) is 12.3. The highest BCUT2D eigenvalue weighted by Crippen LogP contribution is 2.27. The minimum atomic E-state index is 0.145. The molecule has 0 amide bonds. The Morgan fingerprint density at radius 3 is 3.06 bits per heavy atom. The smallest absolute Gasteiger partial charge is 0.191 e. The number of hydrogen-bond donors (Lipinski definition) is 2. The zero-order valence-corrected chi connectivity index (χ0v) is 10.4. The molecule has 0 saturated heterocycles. The van der Waals surface area contributed by atoms with E-state index in [4.69, 9.17) is 11.2 Å². The van der Waals surface area contributed by atoms with Gasteiger partial charge in [-0.05, 0) is 11.6 Å². The zero-order chi connectivity index (χ0) is 12.8. The van der Waals surface area contributed by atoms with Gasteiger partial charge in [-0.2, -0.15) is 0 Å². The Morgan fingerprint density at radius 2 is 2.33 bits per heavy atom. The van der Waals surface area contributed by atoms with Crippen LogP contribution in [0.25, 0.3) is 0 Å². The number of rotatable bonds is 3. The van der Waals surface area contributed by atoms with Gasteiger partial charge in [0.1, 0.15) is 11.9 Å². The third kappa shape index (κ3) is 2.95. The first-order chi connectivity index (χ1) is 8.83. The molecular weight excluding hydrogens is 226 g/mol. The van der Waals surface area contributed by atoms with Gasteiger partial charge in [-0.1, -0.05) is 24.1 Å². The van der Waals surface area contributed by atoms with Crippen molar-refractivity contribution in [2.45, 2.75) is 12.5 Å². The highest BCUT2D eigenvalue weighted by atomic mass is 16.5. The van der Waals surface area contributed by atoms with Gasteiger partial charge in [-0.3, -0.25) is 4.99 Å². The fourth-order valence-electron chi connectivity index (χ4n) is 1.93. The van der Waals surface area contributed by atoms with E-state index in [9.17, 15) is 0 Å². The second-order valence-corrected chi connectivity index (χ2v) is 4.06. The number of aliphatic imine (C=N–C) groups is 1. The molecule has 0 aromatic heterocycles. The molecule has 2 rings (SSSR count). The maximum absolute atomic E-state index is 5.82. The summed E-state index contributed by atoms with van der Waals surface area (Å²) in [7, 11) is 1.72. The van der Waals surface area contributed by atoms with Crippen LogP contribution in [0, 0.1) is 12.3 Å². The van der Waals surface area contributed by atoms with Crippen molar-refractivity contribution in [2.75, 3.05) is 20.1 Å². The molecule has 0 fully saturated rings. The third-order valence-electron chi connectivity index (χ3n) is 2.79. The van der Waals surface area contributed by atoms with Gasteiger partial charge in [-0.25, -0.2) is 0 Å². The Hall–Kier alpha value is -2.15. The summed E-state index contributed by atoms with van der Waals surface area (Å²) >= 11 is 0. The third-order valence-corrected chi connectivity index (χ3v) is 2.79. The molecule has 4 heteroatoms. The van der Waals surface area contributed by atoms with E-state index in [0.717, 1.165) is 12.2 Å². The fourth-order valence-corrected chi connectivity index (χ4v) is 1.93. The van der Waals surface area contributed by atoms with Crippen LogP contribution in [0.4, 0.5) is 0 Å². The van der Waals surface area contributed by atoms with Gasteiger partial charge in [0, 0.05) is 13.5 Å². The second kappa shape index (κ2) is 5.97. The molecule has 0 bridgehead atoms. The van der Waals surface area contributed by atoms with Crippen molar-refractivity contribution in [3.05, 3.63) is 29.8 Å². The molecule has 1 unspecified atom stereocenters. The average Bonchev–Trinajstić information content (AvgIpc) is 2.81. The van der Waals surface area contributed by atoms with Gasteiger partial charge in [0.25, 0.3) is 0 Å². The predicted molar refractivity (Wildman–Crippen MR) is 72.8 cm³/mol. The normalized spacial score (nSPS) is 17.6. The Balaban J connectivity index is 1.81. The quantitative estimate of drug-likeness (QED) is 0.469. The van der Waals surface area contributed by atoms with Crippen molar-refractivity contribution >= 4 is 5.96 Å². The van der Waals surface area contributed by atoms with E-state index in [2.05, 4.69) is 27.6 Å². The van der Waals surface area contributed by atoms with Crippen LogP contribution in [0.5, 0.6) is 5.75 Å². The molecule has 1 aromatic carbocycles. The van der Waals surface area contributed by atoms with Crippen LogP contribution in [-0.2, 0) is 6.42 Å².